The molecule has 0 fully saturated rings. The fraction of sp³-hybridized carbons (Fsp3) is 0.714. The van der Waals surface area contributed by atoms with Crippen molar-refractivity contribution < 1.29 is 0 Å². The first kappa shape index (κ1) is 10.6. The van der Waals surface area contributed by atoms with Crippen molar-refractivity contribution in [1.82, 2.24) is 0 Å². The van der Waals surface area contributed by atoms with Gasteiger partial charge in [-0.05, 0) is 12.0 Å². The molecule has 3 heteroatoms. The van der Waals surface area contributed by atoms with Crippen molar-refractivity contribution in [3.8, 4) is 0 Å². The topological polar surface area (TPSA) is 0 Å². The van der Waals surface area contributed by atoms with Crippen molar-refractivity contribution in [2.75, 3.05) is 11.8 Å². The van der Waals surface area contributed by atoms with Gasteiger partial charge < -0.3 is 0 Å². The summed E-state index contributed by atoms with van der Waals surface area (Å²) in [6, 6.07) is 0. The average Bonchev–Trinajstić information content (AvgIpc) is 1.99. The van der Waals surface area contributed by atoms with E-state index in [1.807, 2.05) is 0 Å². The monoisotopic (exact) mass is 200 g/mol. The van der Waals surface area contributed by atoms with Crippen LogP contribution in [-0.4, -0.2) is 11.8 Å². The first-order valence-electron chi connectivity index (χ1n) is 3.24. The van der Waals surface area contributed by atoms with Gasteiger partial charge in [0.25, 0.3) is 0 Å². The lowest BCUT2D eigenvalue weighted by Crippen LogP contribution is -1.89. The van der Waals surface area contributed by atoms with E-state index in [2.05, 4.69) is 6.92 Å². The summed E-state index contributed by atoms with van der Waals surface area (Å²) < 4.78 is 0. The Hall–Kier alpha value is 0.610. The van der Waals surface area contributed by atoms with Crippen LogP contribution in [0.25, 0.3) is 0 Å². The molecule has 0 heterocycles. The Morgan fingerprint density at radius 3 is 2.10 bits per heavy atom. The Balaban J connectivity index is 4.00. The van der Waals surface area contributed by atoms with Crippen LogP contribution in [-0.2, 0) is 0 Å². The third-order valence-electron chi connectivity index (χ3n) is 1.21. The van der Waals surface area contributed by atoms with Crippen LogP contribution in [0.15, 0.2) is 10.6 Å². The highest BCUT2D eigenvalue weighted by molar-refractivity contribution is 6.36. The molecule has 0 aliphatic rings. The van der Waals surface area contributed by atoms with Crippen LogP contribution < -0.4 is 0 Å². The molecule has 0 unspecified atom stereocenters. The highest BCUT2D eigenvalue weighted by Gasteiger charge is 2.00. The maximum atomic E-state index is 5.77. The molecule has 0 aromatic heterocycles. The van der Waals surface area contributed by atoms with Gasteiger partial charge in [0.15, 0.2) is 0 Å². The van der Waals surface area contributed by atoms with Crippen molar-refractivity contribution in [1.29, 1.82) is 0 Å². The van der Waals surface area contributed by atoms with Gasteiger partial charge in [0.2, 0.25) is 0 Å². The van der Waals surface area contributed by atoms with E-state index in [4.69, 9.17) is 34.8 Å². The predicted molar refractivity (Wildman–Crippen MR) is 49.2 cm³/mol. The summed E-state index contributed by atoms with van der Waals surface area (Å²) in [6.45, 7) is 2.09. The Bertz CT molecular complexity index is 118. The van der Waals surface area contributed by atoms with Gasteiger partial charge in [-0.1, -0.05) is 24.9 Å². The summed E-state index contributed by atoms with van der Waals surface area (Å²) in [5.41, 5.74) is 1.07. The molecule has 0 aromatic rings. The summed E-state index contributed by atoms with van der Waals surface area (Å²) in [4.78, 5) is 0. The number of alkyl halides is 2. The van der Waals surface area contributed by atoms with Crippen molar-refractivity contribution in [3.05, 3.63) is 10.6 Å². The minimum absolute atomic E-state index is 0.379. The van der Waals surface area contributed by atoms with Crippen molar-refractivity contribution >= 4 is 34.8 Å². The molecule has 0 saturated heterocycles. The highest BCUT2D eigenvalue weighted by atomic mass is 35.5. The van der Waals surface area contributed by atoms with Gasteiger partial charge in [-0.15, -0.1) is 23.2 Å². The third kappa shape index (κ3) is 3.70. The molecule has 10 heavy (non-hydrogen) atoms. The maximum Gasteiger partial charge on any atom is 0.0581 e. The minimum Gasteiger partial charge on any atom is -0.122 e. The maximum absolute atomic E-state index is 5.77. The van der Waals surface area contributed by atoms with Gasteiger partial charge in [0.05, 0.1) is 5.88 Å². The second-order valence-corrected chi connectivity index (χ2v) is 3.02. The number of hydrogen-bond acceptors (Lipinski definition) is 0. The molecule has 0 rings (SSSR count). The molecule has 0 amide bonds. The van der Waals surface area contributed by atoms with Crippen LogP contribution >= 0.6 is 34.8 Å². The van der Waals surface area contributed by atoms with E-state index >= 15 is 0 Å². The Labute approximate surface area is 77.1 Å². The second kappa shape index (κ2) is 6.33. The van der Waals surface area contributed by atoms with Crippen LogP contribution in [0.3, 0.4) is 0 Å². The van der Waals surface area contributed by atoms with Crippen LogP contribution in [0, 0.1) is 0 Å². The van der Waals surface area contributed by atoms with E-state index in [-0.39, 0.29) is 0 Å². The molecule has 0 spiro atoms. The molecule has 0 bridgehead atoms. The molecular weight excluding hydrogens is 190 g/mol. The Morgan fingerprint density at radius 2 is 1.80 bits per heavy atom. The van der Waals surface area contributed by atoms with E-state index in [0.29, 0.717) is 16.8 Å². The van der Waals surface area contributed by atoms with Crippen LogP contribution in [0.1, 0.15) is 19.8 Å². The van der Waals surface area contributed by atoms with Crippen LogP contribution in [0.2, 0.25) is 0 Å². The van der Waals surface area contributed by atoms with E-state index in [9.17, 15) is 0 Å². The lowest BCUT2D eigenvalue weighted by atomic mass is 10.2. The normalized spacial score (nSPS) is 13.2. The number of halogens is 3. The molecule has 60 valence electrons. The fourth-order valence-corrected chi connectivity index (χ4v) is 1.38. The van der Waals surface area contributed by atoms with Gasteiger partial charge in [-0.25, -0.2) is 0 Å². The Morgan fingerprint density at radius 1 is 1.20 bits per heavy atom. The van der Waals surface area contributed by atoms with Crippen molar-refractivity contribution in [3.63, 3.8) is 0 Å². The number of hydrogen-bond donors (Lipinski definition) is 0. The molecule has 0 N–H and O–H groups in total. The summed E-state index contributed by atoms with van der Waals surface area (Å²) in [6.07, 6.45) is 2.02. The molecular formula is C7H11Cl3. The van der Waals surface area contributed by atoms with Gasteiger partial charge in [-0.3, -0.25) is 0 Å². The SMILES string of the molecule is CCCC(CCl)=C(Cl)CCl. The molecule has 0 radical (unpaired) electrons. The van der Waals surface area contributed by atoms with E-state index in [1.165, 1.54) is 0 Å². The van der Waals surface area contributed by atoms with E-state index in [0.717, 1.165) is 18.4 Å². The van der Waals surface area contributed by atoms with Crippen molar-refractivity contribution in [2.24, 2.45) is 0 Å². The highest BCUT2D eigenvalue weighted by Crippen LogP contribution is 2.17. The van der Waals surface area contributed by atoms with E-state index < -0.39 is 0 Å². The molecule has 0 aliphatic carbocycles. The third-order valence-corrected chi connectivity index (χ3v) is 2.34. The zero-order chi connectivity index (χ0) is 7.98. The lowest BCUT2D eigenvalue weighted by Gasteiger charge is -2.02. The number of allylic oxidation sites excluding steroid dienone is 2. The van der Waals surface area contributed by atoms with Gasteiger partial charge in [0.1, 0.15) is 0 Å². The molecule has 0 aromatic carbocycles. The molecule has 0 atom stereocenters. The summed E-state index contributed by atoms with van der Waals surface area (Å²) >= 11 is 16.9. The van der Waals surface area contributed by atoms with Crippen molar-refractivity contribution in [2.45, 2.75) is 19.8 Å². The summed E-state index contributed by atoms with van der Waals surface area (Å²) in [7, 11) is 0. The first-order chi connectivity index (χ1) is 4.76. The summed E-state index contributed by atoms with van der Waals surface area (Å²) in [5, 5.41) is 0.707. The predicted octanol–water partition coefficient (Wildman–Crippen LogP) is 3.76. The molecule has 0 aliphatic heterocycles. The molecule has 0 nitrogen and oxygen atoms in total. The fourth-order valence-electron chi connectivity index (χ4n) is 0.671. The standard InChI is InChI=1S/C7H11Cl3/c1-2-3-6(4-8)7(10)5-9/h2-5H2,1H3. The largest absolute Gasteiger partial charge is 0.122 e. The quantitative estimate of drug-likeness (QED) is 0.608. The van der Waals surface area contributed by atoms with Crippen LogP contribution in [0.4, 0.5) is 0 Å². The zero-order valence-corrected chi connectivity index (χ0v) is 8.23. The zero-order valence-electron chi connectivity index (χ0n) is 5.96. The van der Waals surface area contributed by atoms with Gasteiger partial charge in [-0.2, -0.15) is 0 Å². The minimum atomic E-state index is 0.379. The number of rotatable bonds is 4. The average molecular weight is 202 g/mol. The second-order valence-electron chi connectivity index (χ2n) is 2.03. The smallest absolute Gasteiger partial charge is 0.0581 e. The van der Waals surface area contributed by atoms with Gasteiger partial charge >= 0.3 is 0 Å². The van der Waals surface area contributed by atoms with Crippen LogP contribution in [0.5, 0.6) is 0 Å². The molecule has 0 saturated carbocycles. The lowest BCUT2D eigenvalue weighted by molar-refractivity contribution is 0.902. The summed E-state index contributed by atoms with van der Waals surface area (Å²) in [5.74, 6) is 0.878. The van der Waals surface area contributed by atoms with E-state index in [1.54, 1.807) is 0 Å². The first-order valence-corrected chi connectivity index (χ1v) is 4.69. The Kier molecular flexibility index (Phi) is 6.71. The van der Waals surface area contributed by atoms with Gasteiger partial charge in [0, 0.05) is 10.9 Å².